The van der Waals surface area contributed by atoms with Crippen LogP contribution in [0.4, 0.5) is 11.5 Å². The minimum Gasteiger partial charge on any atom is -0.361 e. The zero-order chi connectivity index (χ0) is 13.1. The highest BCUT2D eigenvalue weighted by molar-refractivity contribution is 7.07. The molecule has 2 rings (SSSR count). The number of anilines is 2. The highest BCUT2D eigenvalue weighted by Crippen LogP contribution is 2.25. The summed E-state index contributed by atoms with van der Waals surface area (Å²) < 4.78 is 0. The fraction of sp³-hybridized carbons (Fsp3) is 0.250. The van der Waals surface area contributed by atoms with Crippen LogP contribution in [0.15, 0.2) is 29.2 Å². The van der Waals surface area contributed by atoms with E-state index in [1.54, 1.807) is 29.0 Å². The third kappa shape index (κ3) is 2.33. The molecular weight excluding hydrogens is 248 g/mol. The molecule has 0 bridgehead atoms. The van der Waals surface area contributed by atoms with Crippen LogP contribution in [0.25, 0.3) is 0 Å². The molecule has 6 heteroatoms. The van der Waals surface area contributed by atoms with Gasteiger partial charge in [-0.15, -0.1) is 11.3 Å². The van der Waals surface area contributed by atoms with Gasteiger partial charge < -0.3 is 9.80 Å². The van der Waals surface area contributed by atoms with Crippen molar-refractivity contribution in [3.63, 3.8) is 0 Å². The van der Waals surface area contributed by atoms with Crippen LogP contribution in [-0.2, 0) is 0 Å². The minimum absolute atomic E-state index is 0.132. The largest absolute Gasteiger partial charge is 0.361 e. The lowest BCUT2D eigenvalue weighted by atomic mass is 10.3. The molecule has 2 aromatic rings. The van der Waals surface area contributed by atoms with Crippen LogP contribution in [0.2, 0.25) is 0 Å². The van der Waals surface area contributed by atoms with Crippen molar-refractivity contribution in [2.45, 2.75) is 0 Å². The van der Waals surface area contributed by atoms with Gasteiger partial charge >= 0.3 is 0 Å². The molecule has 1 amide bonds. The number of carbonyl (C=O) groups excluding carboxylic acids is 1. The van der Waals surface area contributed by atoms with Gasteiger partial charge in [0.25, 0.3) is 5.91 Å². The molecule has 18 heavy (non-hydrogen) atoms. The van der Waals surface area contributed by atoms with Gasteiger partial charge in [-0.05, 0) is 12.1 Å². The molecule has 0 aliphatic heterocycles. The van der Waals surface area contributed by atoms with E-state index >= 15 is 0 Å². The first-order chi connectivity index (χ1) is 8.61. The fourth-order valence-corrected chi connectivity index (χ4v) is 2.12. The van der Waals surface area contributed by atoms with Crippen molar-refractivity contribution in [2.75, 3.05) is 30.9 Å². The molecule has 0 fully saturated rings. The minimum atomic E-state index is -0.132. The summed E-state index contributed by atoms with van der Waals surface area (Å²) in [5.74, 6) is 0.621. The van der Waals surface area contributed by atoms with Gasteiger partial charge in [0.15, 0.2) is 5.82 Å². The summed E-state index contributed by atoms with van der Waals surface area (Å²) in [4.78, 5) is 24.0. The SMILES string of the molecule is CN(C)c1ncccc1N(C)C(=O)c1cscn1. The summed E-state index contributed by atoms with van der Waals surface area (Å²) >= 11 is 1.41. The van der Waals surface area contributed by atoms with Gasteiger partial charge in [0.05, 0.1) is 11.2 Å². The van der Waals surface area contributed by atoms with Crippen molar-refractivity contribution in [2.24, 2.45) is 0 Å². The Morgan fingerprint density at radius 2 is 2.06 bits per heavy atom. The third-order valence-electron chi connectivity index (χ3n) is 2.51. The molecule has 0 atom stereocenters. The van der Waals surface area contributed by atoms with Crippen LogP contribution in [0.5, 0.6) is 0 Å². The van der Waals surface area contributed by atoms with E-state index in [1.807, 2.05) is 31.1 Å². The zero-order valence-electron chi connectivity index (χ0n) is 10.5. The van der Waals surface area contributed by atoms with Crippen molar-refractivity contribution in [1.82, 2.24) is 9.97 Å². The van der Waals surface area contributed by atoms with E-state index in [2.05, 4.69) is 9.97 Å². The van der Waals surface area contributed by atoms with E-state index in [1.165, 1.54) is 11.3 Å². The first kappa shape index (κ1) is 12.5. The van der Waals surface area contributed by atoms with Gasteiger partial charge in [-0.25, -0.2) is 9.97 Å². The number of thiazole rings is 1. The average Bonchev–Trinajstić information content (AvgIpc) is 2.90. The molecule has 0 saturated heterocycles. The van der Waals surface area contributed by atoms with E-state index in [-0.39, 0.29) is 5.91 Å². The summed E-state index contributed by atoms with van der Waals surface area (Å²) in [6.45, 7) is 0. The number of pyridine rings is 1. The molecule has 0 aliphatic carbocycles. The predicted molar refractivity (Wildman–Crippen MR) is 73.4 cm³/mol. The van der Waals surface area contributed by atoms with E-state index in [4.69, 9.17) is 0 Å². The Balaban J connectivity index is 2.34. The molecule has 0 unspecified atom stereocenters. The summed E-state index contributed by atoms with van der Waals surface area (Å²) in [6.07, 6.45) is 1.71. The second-order valence-corrected chi connectivity index (χ2v) is 4.70. The molecule has 0 spiro atoms. The zero-order valence-corrected chi connectivity index (χ0v) is 11.3. The molecule has 0 aromatic carbocycles. The van der Waals surface area contributed by atoms with Crippen molar-refractivity contribution < 1.29 is 4.79 Å². The maximum absolute atomic E-state index is 12.2. The van der Waals surface area contributed by atoms with E-state index in [9.17, 15) is 4.79 Å². The van der Waals surface area contributed by atoms with Crippen molar-refractivity contribution in [3.05, 3.63) is 34.9 Å². The lowest BCUT2D eigenvalue weighted by Gasteiger charge is -2.22. The maximum Gasteiger partial charge on any atom is 0.277 e. The second kappa shape index (κ2) is 5.14. The van der Waals surface area contributed by atoms with E-state index in [0.29, 0.717) is 5.69 Å². The molecule has 0 radical (unpaired) electrons. The van der Waals surface area contributed by atoms with Gasteiger partial charge in [-0.3, -0.25) is 4.79 Å². The fourth-order valence-electron chi connectivity index (χ4n) is 1.59. The van der Waals surface area contributed by atoms with Crippen molar-refractivity contribution >= 4 is 28.7 Å². The Morgan fingerprint density at radius 3 is 2.67 bits per heavy atom. The maximum atomic E-state index is 12.2. The topological polar surface area (TPSA) is 49.3 Å². The van der Waals surface area contributed by atoms with E-state index < -0.39 is 0 Å². The normalized spacial score (nSPS) is 10.2. The van der Waals surface area contributed by atoms with Crippen LogP contribution >= 0.6 is 11.3 Å². The monoisotopic (exact) mass is 262 g/mol. The lowest BCUT2D eigenvalue weighted by Crippen LogP contribution is -2.28. The highest BCUT2D eigenvalue weighted by atomic mass is 32.1. The number of rotatable bonds is 3. The number of nitrogens with zero attached hydrogens (tertiary/aromatic N) is 4. The molecule has 2 aromatic heterocycles. The first-order valence-electron chi connectivity index (χ1n) is 5.40. The first-order valence-corrected chi connectivity index (χ1v) is 6.34. The molecule has 0 N–H and O–H groups in total. The van der Waals surface area contributed by atoms with Crippen LogP contribution in [0.1, 0.15) is 10.5 Å². The van der Waals surface area contributed by atoms with Crippen LogP contribution in [-0.4, -0.2) is 37.0 Å². The van der Waals surface area contributed by atoms with Gasteiger partial charge in [0, 0.05) is 32.7 Å². The number of hydrogen-bond acceptors (Lipinski definition) is 5. The Hall–Kier alpha value is -1.95. The summed E-state index contributed by atoms with van der Waals surface area (Å²) in [6, 6.07) is 3.68. The summed E-state index contributed by atoms with van der Waals surface area (Å²) in [5, 5.41) is 1.74. The van der Waals surface area contributed by atoms with Gasteiger partial charge in [0.2, 0.25) is 0 Å². The van der Waals surface area contributed by atoms with Gasteiger partial charge in [0.1, 0.15) is 5.69 Å². The lowest BCUT2D eigenvalue weighted by molar-refractivity contribution is 0.0989. The predicted octanol–water partition coefficient (Wildman–Crippen LogP) is 1.88. The van der Waals surface area contributed by atoms with Crippen molar-refractivity contribution in [1.29, 1.82) is 0 Å². The Bertz CT molecular complexity index is 539. The Kier molecular flexibility index (Phi) is 3.57. The third-order valence-corrected chi connectivity index (χ3v) is 3.09. The molecule has 2 heterocycles. The number of amides is 1. The quantitative estimate of drug-likeness (QED) is 0.847. The standard InChI is InChI=1S/C12H14N4OS/c1-15(2)11-10(5-4-6-13-11)16(3)12(17)9-7-18-8-14-9/h4-8H,1-3H3. The van der Waals surface area contributed by atoms with Crippen LogP contribution in [0.3, 0.4) is 0 Å². The van der Waals surface area contributed by atoms with Gasteiger partial charge in [-0.1, -0.05) is 0 Å². The highest BCUT2D eigenvalue weighted by Gasteiger charge is 2.19. The van der Waals surface area contributed by atoms with Crippen molar-refractivity contribution in [3.8, 4) is 0 Å². The summed E-state index contributed by atoms with van der Waals surface area (Å²) in [5.41, 5.74) is 2.87. The van der Waals surface area contributed by atoms with Crippen LogP contribution < -0.4 is 9.80 Å². The van der Waals surface area contributed by atoms with Gasteiger partial charge in [-0.2, -0.15) is 0 Å². The number of aromatic nitrogens is 2. The molecule has 0 aliphatic rings. The van der Waals surface area contributed by atoms with E-state index in [0.717, 1.165) is 11.5 Å². The Morgan fingerprint density at radius 1 is 1.28 bits per heavy atom. The van der Waals surface area contributed by atoms with Crippen LogP contribution in [0, 0.1) is 0 Å². The molecule has 5 nitrogen and oxygen atoms in total. The average molecular weight is 262 g/mol. The molecule has 0 saturated carbocycles. The summed E-state index contributed by atoms with van der Waals surface area (Å²) in [7, 11) is 5.52. The second-order valence-electron chi connectivity index (χ2n) is 3.98. The molecule has 94 valence electrons. The number of carbonyl (C=O) groups is 1. The Labute approximate surface area is 110 Å². The molecular formula is C12H14N4OS. The smallest absolute Gasteiger partial charge is 0.277 e. The number of hydrogen-bond donors (Lipinski definition) is 0.